The van der Waals surface area contributed by atoms with Crippen LogP contribution in [0, 0.1) is 0 Å². The first kappa shape index (κ1) is 15.7. The minimum Gasteiger partial charge on any atom is -0.388 e. The fourth-order valence-corrected chi connectivity index (χ4v) is 2.85. The van der Waals surface area contributed by atoms with Crippen LogP contribution in [0.4, 0.5) is 0 Å². The predicted molar refractivity (Wildman–Crippen MR) is 93.0 cm³/mol. The number of hydrogen-bond donors (Lipinski definition) is 2. The van der Waals surface area contributed by atoms with E-state index in [1.165, 1.54) is 0 Å². The Morgan fingerprint density at radius 1 is 1.09 bits per heavy atom. The molecule has 4 nitrogen and oxygen atoms in total. The van der Waals surface area contributed by atoms with Crippen molar-refractivity contribution < 1.29 is 5.11 Å². The lowest BCUT2D eigenvalue weighted by Gasteiger charge is -2.18. The quantitative estimate of drug-likeness (QED) is 0.735. The lowest BCUT2D eigenvalue weighted by molar-refractivity contribution is 0.153. The Morgan fingerprint density at radius 2 is 1.78 bits per heavy atom. The normalized spacial score (nSPS) is 14.0. The highest BCUT2D eigenvalue weighted by atomic mass is 16.3. The summed E-state index contributed by atoms with van der Waals surface area (Å²) in [5.74, 6) is 1.01. The maximum atomic E-state index is 10.3. The van der Waals surface area contributed by atoms with Gasteiger partial charge in [0.25, 0.3) is 0 Å². The van der Waals surface area contributed by atoms with Crippen LogP contribution in [0.25, 0.3) is 11.0 Å². The molecule has 0 saturated carbocycles. The lowest BCUT2D eigenvalue weighted by Crippen LogP contribution is -2.28. The number of rotatable bonds is 6. The Labute approximate surface area is 136 Å². The van der Waals surface area contributed by atoms with Crippen molar-refractivity contribution in [3.05, 3.63) is 66.0 Å². The highest BCUT2D eigenvalue weighted by Gasteiger charge is 2.13. The number of imidazole rings is 1. The molecule has 1 aromatic heterocycles. The fraction of sp³-hybridized carbons (Fsp3) is 0.316. The summed E-state index contributed by atoms with van der Waals surface area (Å²) in [4.78, 5) is 4.66. The molecule has 0 aliphatic heterocycles. The highest BCUT2D eigenvalue weighted by Crippen LogP contribution is 2.18. The summed E-state index contributed by atoms with van der Waals surface area (Å²) in [6.07, 6.45) is 0.229. The number of aliphatic hydroxyl groups excluding tert-OH is 1. The summed E-state index contributed by atoms with van der Waals surface area (Å²) in [6.45, 7) is 2.78. The third-order valence-electron chi connectivity index (χ3n) is 4.25. The molecule has 2 aromatic carbocycles. The lowest BCUT2D eigenvalue weighted by atomic mass is 10.0. The van der Waals surface area contributed by atoms with Crippen LogP contribution in [0.1, 0.15) is 30.8 Å². The van der Waals surface area contributed by atoms with Crippen LogP contribution in [0.2, 0.25) is 0 Å². The van der Waals surface area contributed by atoms with Crippen LogP contribution in [-0.4, -0.2) is 20.7 Å². The molecule has 0 radical (unpaired) electrons. The first-order valence-corrected chi connectivity index (χ1v) is 8.02. The number of nitrogens with one attached hydrogen (secondary N) is 1. The topological polar surface area (TPSA) is 50.1 Å². The van der Waals surface area contributed by atoms with Gasteiger partial charge >= 0.3 is 0 Å². The van der Waals surface area contributed by atoms with Crippen molar-refractivity contribution in [3.8, 4) is 0 Å². The summed E-state index contributed by atoms with van der Waals surface area (Å²) >= 11 is 0. The number of aromatic nitrogens is 2. The fourth-order valence-electron chi connectivity index (χ4n) is 2.85. The molecular weight excluding hydrogens is 286 g/mol. The first-order chi connectivity index (χ1) is 11.1. The summed E-state index contributed by atoms with van der Waals surface area (Å²) in [5, 5.41) is 13.8. The molecule has 4 heteroatoms. The number of para-hydroxylation sites is 2. The van der Waals surface area contributed by atoms with Crippen LogP contribution < -0.4 is 5.32 Å². The van der Waals surface area contributed by atoms with E-state index in [9.17, 15) is 5.11 Å². The molecular formula is C19H23N3O. The van der Waals surface area contributed by atoms with Crippen molar-refractivity contribution in [2.45, 2.75) is 32.0 Å². The number of nitrogens with zero attached hydrogens (tertiary/aromatic N) is 2. The minimum atomic E-state index is -0.445. The average molecular weight is 309 g/mol. The predicted octanol–water partition coefficient (Wildman–Crippen LogP) is 3.18. The van der Waals surface area contributed by atoms with Gasteiger partial charge in [0, 0.05) is 13.1 Å². The molecule has 3 aromatic rings. The van der Waals surface area contributed by atoms with Gasteiger partial charge in [-0.1, -0.05) is 42.5 Å². The molecule has 0 aliphatic rings. The van der Waals surface area contributed by atoms with Crippen LogP contribution >= 0.6 is 0 Å². The maximum absolute atomic E-state index is 10.3. The van der Waals surface area contributed by atoms with Crippen molar-refractivity contribution >= 4 is 11.0 Å². The third-order valence-corrected chi connectivity index (χ3v) is 4.25. The molecule has 23 heavy (non-hydrogen) atoms. The number of aliphatic hydroxyl groups is 1. The van der Waals surface area contributed by atoms with E-state index < -0.39 is 6.10 Å². The first-order valence-electron chi connectivity index (χ1n) is 8.02. The molecule has 0 fully saturated rings. The van der Waals surface area contributed by atoms with Crippen LogP contribution in [0.3, 0.4) is 0 Å². The van der Waals surface area contributed by atoms with Gasteiger partial charge in [-0.15, -0.1) is 0 Å². The Morgan fingerprint density at radius 3 is 2.52 bits per heavy atom. The van der Waals surface area contributed by atoms with Gasteiger partial charge in [0.05, 0.1) is 23.7 Å². The number of fused-ring (bicyclic) bond motifs is 1. The number of hydrogen-bond acceptors (Lipinski definition) is 3. The second-order valence-electron chi connectivity index (χ2n) is 6.02. The maximum Gasteiger partial charge on any atom is 0.123 e. The summed E-state index contributed by atoms with van der Waals surface area (Å²) in [6, 6.07) is 18.1. The van der Waals surface area contributed by atoms with Crippen molar-refractivity contribution in [1.82, 2.24) is 14.9 Å². The molecule has 120 valence electrons. The van der Waals surface area contributed by atoms with Gasteiger partial charge in [0.1, 0.15) is 5.82 Å². The van der Waals surface area contributed by atoms with E-state index in [1.54, 1.807) is 0 Å². The molecule has 1 heterocycles. The Kier molecular flexibility index (Phi) is 4.74. The molecule has 0 amide bonds. The van der Waals surface area contributed by atoms with Gasteiger partial charge in [-0.25, -0.2) is 4.98 Å². The van der Waals surface area contributed by atoms with Crippen molar-refractivity contribution in [1.29, 1.82) is 0 Å². The standard InChI is InChI=1S/C19H23N3O/c1-14(12-18(23)15-8-4-3-5-9-15)20-13-19-21-16-10-6-7-11-17(16)22(19)2/h3-11,14,18,20,23H,12-13H2,1-2H3/t14-,18+/m0/s1. The summed E-state index contributed by atoms with van der Waals surface area (Å²) in [5.41, 5.74) is 3.12. The second kappa shape index (κ2) is 6.94. The van der Waals surface area contributed by atoms with E-state index in [4.69, 9.17) is 0 Å². The average Bonchev–Trinajstić information content (AvgIpc) is 2.90. The Balaban J connectivity index is 1.60. The molecule has 0 saturated heterocycles. The van der Waals surface area contributed by atoms with E-state index in [1.807, 2.05) is 55.6 Å². The number of aryl methyl sites for hydroxylation is 1. The monoisotopic (exact) mass is 309 g/mol. The molecule has 3 rings (SSSR count). The van der Waals surface area contributed by atoms with Gasteiger partial charge in [0.15, 0.2) is 0 Å². The zero-order valence-corrected chi connectivity index (χ0v) is 13.6. The van der Waals surface area contributed by atoms with Crippen molar-refractivity contribution in [2.24, 2.45) is 7.05 Å². The summed E-state index contributed by atoms with van der Waals surface area (Å²) < 4.78 is 2.11. The van der Waals surface area contributed by atoms with Gasteiger partial charge in [-0.3, -0.25) is 0 Å². The van der Waals surface area contributed by atoms with E-state index >= 15 is 0 Å². The SMILES string of the molecule is C[C@@H](C[C@@H](O)c1ccccc1)NCc1nc2ccccc2n1C. The van der Waals surface area contributed by atoms with Crippen molar-refractivity contribution in [2.75, 3.05) is 0 Å². The zero-order valence-electron chi connectivity index (χ0n) is 13.6. The van der Waals surface area contributed by atoms with E-state index in [-0.39, 0.29) is 6.04 Å². The molecule has 0 spiro atoms. The van der Waals surface area contributed by atoms with Crippen LogP contribution in [0.15, 0.2) is 54.6 Å². The largest absolute Gasteiger partial charge is 0.388 e. The van der Waals surface area contributed by atoms with E-state index in [0.29, 0.717) is 13.0 Å². The molecule has 2 atom stereocenters. The van der Waals surface area contributed by atoms with Crippen molar-refractivity contribution in [3.63, 3.8) is 0 Å². The van der Waals surface area contributed by atoms with Gasteiger partial charge in [-0.05, 0) is 31.0 Å². The van der Waals surface area contributed by atoms with Gasteiger partial charge in [0.2, 0.25) is 0 Å². The highest BCUT2D eigenvalue weighted by molar-refractivity contribution is 5.75. The molecule has 0 aliphatic carbocycles. The van der Waals surface area contributed by atoms with E-state index in [2.05, 4.69) is 27.9 Å². The smallest absolute Gasteiger partial charge is 0.123 e. The molecule has 0 unspecified atom stereocenters. The zero-order chi connectivity index (χ0) is 16.2. The Bertz CT molecular complexity index is 767. The molecule has 2 N–H and O–H groups in total. The van der Waals surface area contributed by atoms with Gasteiger partial charge in [-0.2, -0.15) is 0 Å². The number of benzene rings is 2. The Hall–Kier alpha value is -2.17. The van der Waals surface area contributed by atoms with Crippen LogP contribution in [0.5, 0.6) is 0 Å². The summed E-state index contributed by atoms with van der Waals surface area (Å²) in [7, 11) is 2.04. The third kappa shape index (κ3) is 3.60. The van der Waals surface area contributed by atoms with Gasteiger partial charge < -0.3 is 15.0 Å². The van der Waals surface area contributed by atoms with E-state index in [0.717, 1.165) is 22.4 Å². The second-order valence-corrected chi connectivity index (χ2v) is 6.02. The molecule has 0 bridgehead atoms. The van der Waals surface area contributed by atoms with Crippen LogP contribution in [-0.2, 0) is 13.6 Å². The minimum absolute atomic E-state index is 0.199.